The molecule has 27 heavy (non-hydrogen) atoms. The molecule has 7 nitrogen and oxygen atoms in total. The highest BCUT2D eigenvalue weighted by Crippen LogP contribution is 2.38. The topological polar surface area (TPSA) is 82.1 Å². The summed E-state index contributed by atoms with van der Waals surface area (Å²) in [6, 6.07) is 7.38. The zero-order chi connectivity index (χ0) is 19.3. The van der Waals surface area contributed by atoms with Crippen molar-refractivity contribution in [2.75, 3.05) is 51.8 Å². The smallest absolute Gasteiger partial charge is 0.238 e. The summed E-state index contributed by atoms with van der Waals surface area (Å²) in [5.41, 5.74) is 0.709. The Labute approximate surface area is 160 Å². The summed E-state index contributed by atoms with van der Waals surface area (Å²) in [7, 11) is 1.59. The van der Waals surface area contributed by atoms with Crippen molar-refractivity contribution >= 4 is 17.5 Å². The number of hydrogen-bond acceptors (Lipinski definition) is 5. The maximum absolute atomic E-state index is 12.5. The van der Waals surface area contributed by atoms with Gasteiger partial charge in [-0.05, 0) is 37.9 Å². The minimum absolute atomic E-state index is 0.00709. The van der Waals surface area contributed by atoms with Crippen LogP contribution in [0.5, 0.6) is 5.75 Å². The Bertz CT molecular complexity index is 681. The zero-order valence-corrected chi connectivity index (χ0v) is 15.9. The number of rotatable bonds is 6. The molecule has 148 valence electrons. The quantitative estimate of drug-likeness (QED) is 0.784. The average molecular weight is 375 g/mol. The largest absolute Gasteiger partial charge is 0.495 e. The van der Waals surface area contributed by atoms with Crippen molar-refractivity contribution in [1.29, 1.82) is 0 Å². The van der Waals surface area contributed by atoms with Gasteiger partial charge in [0.25, 0.3) is 0 Å². The van der Waals surface area contributed by atoms with Crippen LogP contribution in [0.1, 0.15) is 25.7 Å². The fourth-order valence-electron chi connectivity index (χ4n) is 4.35. The molecular formula is C20H29N3O4. The molecular weight excluding hydrogens is 346 g/mol. The van der Waals surface area contributed by atoms with Crippen LogP contribution in [0.4, 0.5) is 5.69 Å². The van der Waals surface area contributed by atoms with Gasteiger partial charge in [-0.2, -0.15) is 0 Å². The van der Waals surface area contributed by atoms with Crippen molar-refractivity contribution in [3.63, 3.8) is 0 Å². The van der Waals surface area contributed by atoms with Gasteiger partial charge in [-0.15, -0.1) is 0 Å². The number of nitrogens with zero attached hydrogens (tertiary/aromatic N) is 2. The first-order valence-corrected chi connectivity index (χ1v) is 9.59. The molecule has 2 N–H and O–H groups in total. The number of carbonyl (C=O) groups excluding carboxylic acids is 2. The van der Waals surface area contributed by atoms with Gasteiger partial charge in [-0.25, -0.2) is 0 Å². The van der Waals surface area contributed by atoms with E-state index in [1.165, 1.54) is 0 Å². The van der Waals surface area contributed by atoms with Gasteiger partial charge in [0.1, 0.15) is 5.75 Å². The molecule has 1 aromatic rings. The van der Waals surface area contributed by atoms with Crippen LogP contribution >= 0.6 is 0 Å². The third-order valence-electron chi connectivity index (χ3n) is 5.61. The molecule has 0 aliphatic carbocycles. The summed E-state index contributed by atoms with van der Waals surface area (Å²) in [6.07, 6.45) is 3.47. The molecule has 1 aromatic carbocycles. The van der Waals surface area contributed by atoms with E-state index in [0.717, 1.165) is 32.4 Å². The van der Waals surface area contributed by atoms with Crippen molar-refractivity contribution in [3.05, 3.63) is 24.3 Å². The minimum Gasteiger partial charge on any atom is -0.495 e. The minimum atomic E-state index is -0.0596. The summed E-state index contributed by atoms with van der Waals surface area (Å²) in [6.45, 7) is 3.09. The lowest BCUT2D eigenvalue weighted by Crippen LogP contribution is -2.55. The molecule has 7 heteroatoms. The number of ether oxygens (including phenoxy) is 1. The number of carbonyl (C=O) groups is 2. The number of aliphatic hydroxyl groups is 1. The lowest BCUT2D eigenvalue weighted by molar-refractivity contribution is -0.140. The van der Waals surface area contributed by atoms with Crippen LogP contribution in [-0.2, 0) is 9.59 Å². The highest BCUT2D eigenvalue weighted by molar-refractivity contribution is 5.93. The maximum atomic E-state index is 12.5. The SMILES string of the molecule is COc1ccccc1NC(=O)CN1CCCC2(CCC(=O)N(CCO)C2)C1. The van der Waals surface area contributed by atoms with Gasteiger partial charge in [0.05, 0.1) is 25.9 Å². The van der Waals surface area contributed by atoms with Gasteiger partial charge in [0.2, 0.25) is 11.8 Å². The number of piperidine rings is 2. The second kappa shape index (κ2) is 8.71. The fourth-order valence-corrected chi connectivity index (χ4v) is 4.35. The van der Waals surface area contributed by atoms with Crippen LogP contribution in [0, 0.1) is 5.41 Å². The summed E-state index contributed by atoms with van der Waals surface area (Å²) in [5.74, 6) is 0.711. The van der Waals surface area contributed by atoms with E-state index in [1.54, 1.807) is 12.0 Å². The van der Waals surface area contributed by atoms with E-state index >= 15 is 0 Å². The molecule has 2 fully saturated rings. The Morgan fingerprint density at radius 2 is 2.11 bits per heavy atom. The van der Waals surface area contributed by atoms with E-state index in [2.05, 4.69) is 10.2 Å². The van der Waals surface area contributed by atoms with Crippen molar-refractivity contribution in [3.8, 4) is 5.75 Å². The number of amides is 2. The van der Waals surface area contributed by atoms with Crippen molar-refractivity contribution in [2.45, 2.75) is 25.7 Å². The van der Waals surface area contributed by atoms with Crippen molar-refractivity contribution in [2.24, 2.45) is 5.41 Å². The van der Waals surface area contributed by atoms with Crippen LogP contribution in [0.3, 0.4) is 0 Å². The number of aliphatic hydroxyl groups excluding tert-OH is 1. The standard InChI is InChI=1S/C20H29N3O4/c1-27-17-6-3-2-5-16(17)21-18(25)13-22-10-4-8-20(14-22)9-7-19(26)23(15-20)11-12-24/h2-3,5-6,24H,4,7-15H2,1H3,(H,21,25). The van der Waals surface area contributed by atoms with Crippen LogP contribution in [0.25, 0.3) is 0 Å². The summed E-state index contributed by atoms with van der Waals surface area (Å²) >= 11 is 0. The predicted octanol–water partition coefficient (Wildman–Crippen LogP) is 1.33. The number of likely N-dealkylation sites (tertiary alicyclic amines) is 2. The Morgan fingerprint density at radius 3 is 2.89 bits per heavy atom. The monoisotopic (exact) mass is 375 g/mol. The van der Waals surface area contributed by atoms with Gasteiger partial charge in [0.15, 0.2) is 0 Å². The van der Waals surface area contributed by atoms with Crippen LogP contribution < -0.4 is 10.1 Å². The molecule has 1 atom stereocenters. The van der Waals surface area contributed by atoms with Gasteiger partial charge >= 0.3 is 0 Å². The zero-order valence-electron chi connectivity index (χ0n) is 15.9. The molecule has 2 aliphatic heterocycles. The third-order valence-corrected chi connectivity index (χ3v) is 5.61. The number of para-hydroxylation sites is 2. The van der Waals surface area contributed by atoms with E-state index in [4.69, 9.17) is 4.74 Å². The Morgan fingerprint density at radius 1 is 1.30 bits per heavy atom. The molecule has 1 unspecified atom stereocenters. The van der Waals surface area contributed by atoms with Crippen LogP contribution in [-0.4, -0.2) is 73.2 Å². The van der Waals surface area contributed by atoms with Gasteiger partial charge in [-0.1, -0.05) is 12.1 Å². The van der Waals surface area contributed by atoms with Gasteiger partial charge in [-0.3, -0.25) is 14.5 Å². The van der Waals surface area contributed by atoms with Crippen molar-refractivity contribution in [1.82, 2.24) is 9.80 Å². The number of benzene rings is 1. The first-order valence-electron chi connectivity index (χ1n) is 9.59. The van der Waals surface area contributed by atoms with E-state index in [1.807, 2.05) is 24.3 Å². The number of anilines is 1. The maximum Gasteiger partial charge on any atom is 0.238 e. The predicted molar refractivity (Wildman–Crippen MR) is 103 cm³/mol. The van der Waals surface area contributed by atoms with Crippen LogP contribution in [0.2, 0.25) is 0 Å². The lowest BCUT2D eigenvalue weighted by atomic mass is 9.73. The van der Waals surface area contributed by atoms with Crippen molar-refractivity contribution < 1.29 is 19.4 Å². The lowest BCUT2D eigenvalue weighted by Gasteiger charge is -2.48. The first-order chi connectivity index (χ1) is 13.0. The van der Waals surface area contributed by atoms with E-state index in [9.17, 15) is 14.7 Å². The summed E-state index contributed by atoms with van der Waals surface area (Å²) in [4.78, 5) is 28.6. The summed E-state index contributed by atoms with van der Waals surface area (Å²) in [5, 5.41) is 12.1. The third kappa shape index (κ3) is 4.78. The fraction of sp³-hybridized carbons (Fsp3) is 0.600. The van der Waals surface area contributed by atoms with Gasteiger partial charge in [0, 0.05) is 31.5 Å². The Kier molecular flexibility index (Phi) is 6.34. The highest BCUT2D eigenvalue weighted by atomic mass is 16.5. The van der Waals surface area contributed by atoms with E-state index < -0.39 is 0 Å². The molecule has 1 spiro atoms. The number of hydrogen-bond donors (Lipinski definition) is 2. The molecule has 2 aliphatic rings. The second-order valence-electron chi connectivity index (χ2n) is 7.60. The molecule has 0 aromatic heterocycles. The van der Waals surface area contributed by atoms with Crippen LogP contribution in [0.15, 0.2) is 24.3 Å². The first kappa shape index (κ1) is 19.6. The second-order valence-corrected chi connectivity index (χ2v) is 7.60. The summed E-state index contributed by atoms with van der Waals surface area (Å²) < 4.78 is 5.28. The molecule has 3 rings (SSSR count). The number of methoxy groups -OCH3 is 1. The molecule has 2 heterocycles. The van der Waals surface area contributed by atoms with E-state index in [0.29, 0.717) is 37.5 Å². The number of nitrogens with one attached hydrogen (secondary N) is 1. The number of β-amino-alcohol motifs (C(OH)–C–C–N with tert-alkyl or cyclic N) is 1. The molecule has 2 amide bonds. The Balaban J connectivity index is 1.59. The van der Waals surface area contributed by atoms with Gasteiger partial charge < -0.3 is 20.1 Å². The Hall–Kier alpha value is -2.12. The highest BCUT2D eigenvalue weighted by Gasteiger charge is 2.41. The molecule has 2 saturated heterocycles. The van der Waals surface area contributed by atoms with E-state index in [-0.39, 0.29) is 23.8 Å². The molecule has 0 saturated carbocycles. The molecule has 0 bridgehead atoms. The molecule has 0 radical (unpaired) electrons. The normalized spacial score (nSPS) is 23.5. The average Bonchev–Trinajstić information content (AvgIpc) is 2.66.